The van der Waals surface area contributed by atoms with Gasteiger partial charge in [0.15, 0.2) is 0 Å². The van der Waals surface area contributed by atoms with Crippen LogP contribution in [0.25, 0.3) is 0 Å². The summed E-state index contributed by atoms with van der Waals surface area (Å²) in [7, 11) is 1.52. The summed E-state index contributed by atoms with van der Waals surface area (Å²) < 4.78 is 0. The fourth-order valence-electron chi connectivity index (χ4n) is 3.05. The predicted molar refractivity (Wildman–Crippen MR) is 101 cm³/mol. The van der Waals surface area contributed by atoms with E-state index in [-0.39, 0.29) is 35.9 Å². The van der Waals surface area contributed by atoms with Gasteiger partial charge in [-0.25, -0.2) is 4.98 Å². The quantitative estimate of drug-likeness (QED) is 0.826. The van der Waals surface area contributed by atoms with Gasteiger partial charge >= 0.3 is 0 Å². The van der Waals surface area contributed by atoms with Crippen LogP contribution in [-0.4, -0.2) is 29.9 Å². The van der Waals surface area contributed by atoms with E-state index in [4.69, 9.17) is 0 Å². The Morgan fingerprint density at radius 3 is 2.56 bits per heavy atom. The van der Waals surface area contributed by atoms with Crippen LogP contribution in [0.4, 0.5) is 0 Å². The molecule has 6 heteroatoms. The summed E-state index contributed by atoms with van der Waals surface area (Å²) >= 11 is 0. The highest BCUT2D eigenvalue weighted by Gasteiger charge is 2.34. The van der Waals surface area contributed by atoms with E-state index in [1.807, 2.05) is 30.3 Å². The summed E-state index contributed by atoms with van der Waals surface area (Å²) in [5, 5.41) is 14.8. The van der Waals surface area contributed by atoms with Crippen molar-refractivity contribution >= 4 is 11.8 Å². The minimum atomic E-state index is -0.366. The second kappa shape index (κ2) is 8.00. The minimum Gasteiger partial charge on any atom is -0.354 e. The van der Waals surface area contributed by atoms with E-state index in [0.717, 1.165) is 12.0 Å². The maximum atomic E-state index is 12.6. The first kappa shape index (κ1) is 18.6. The van der Waals surface area contributed by atoms with Gasteiger partial charge in [-0.05, 0) is 30.0 Å². The normalized spacial score (nSPS) is 18.9. The molecule has 138 valence electrons. The highest BCUT2D eigenvalue weighted by atomic mass is 16.2. The molecule has 1 aromatic heterocycles. The number of benzene rings is 1. The molecule has 2 amide bonds. The summed E-state index contributed by atoms with van der Waals surface area (Å²) in [5.74, 6) is -0.423. The van der Waals surface area contributed by atoms with E-state index in [0.29, 0.717) is 17.2 Å². The first-order valence-corrected chi connectivity index (χ1v) is 9.00. The maximum Gasteiger partial charge on any atom is 0.269 e. The molecule has 0 bridgehead atoms. The summed E-state index contributed by atoms with van der Waals surface area (Å²) in [6, 6.07) is 15.1. The predicted octanol–water partition coefficient (Wildman–Crippen LogP) is 2.62. The Balaban J connectivity index is 2.01. The van der Waals surface area contributed by atoms with Gasteiger partial charge in [-0.15, -0.1) is 0 Å². The van der Waals surface area contributed by atoms with Crippen molar-refractivity contribution in [3.05, 3.63) is 65.0 Å². The summed E-state index contributed by atoms with van der Waals surface area (Å²) in [6.45, 7) is 2.08. The zero-order valence-electron chi connectivity index (χ0n) is 15.4. The van der Waals surface area contributed by atoms with Crippen LogP contribution >= 0.6 is 0 Å². The molecular weight excluding hydrogens is 340 g/mol. The van der Waals surface area contributed by atoms with Crippen molar-refractivity contribution in [2.45, 2.75) is 31.7 Å². The minimum absolute atomic E-state index is 0.169. The second-order valence-corrected chi connectivity index (χ2v) is 6.86. The molecule has 1 heterocycles. The number of aromatic nitrogens is 1. The van der Waals surface area contributed by atoms with Crippen LogP contribution in [0.15, 0.2) is 42.5 Å². The molecule has 6 nitrogen and oxygen atoms in total. The van der Waals surface area contributed by atoms with Crippen molar-refractivity contribution in [2.24, 2.45) is 5.92 Å². The Morgan fingerprint density at radius 1 is 1.26 bits per heavy atom. The number of nitriles is 1. The number of pyridine rings is 1. The zero-order valence-corrected chi connectivity index (χ0v) is 15.4. The van der Waals surface area contributed by atoms with Gasteiger partial charge in [0.1, 0.15) is 5.69 Å². The van der Waals surface area contributed by atoms with Crippen molar-refractivity contribution < 1.29 is 9.59 Å². The van der Waals surface area contributed by atoms with Crippen LogP contribution < -0.4 is 10.6 Å². The van der Waals surface area contributed by atoms with Crippen LogP contribution in [0.5, 0.6) is 0 Å². The lowest BCUT2D eigenvalue weighted by Crippen LogP contribution is -2.28. The monoisotopic (exact) mass is 362 g/mol. The third kappa shape index (κ3) is 4.32. The smallest absolute Gasteiger partial charge is 0.269 e. The Kier molecular flexibility index (Phi) is 5.51. The lowest BCUT2D eigenvalue weighted by atomic mass is 9.91. The number of hydrogen-bond acceptors (Lipinski definition) is 4. The fourth-order valence-corrected chi connectivity index (χ4v) is 3.05. The van der Waals surface area contributed by atoms with Gasteiger partial charge < -0.3 is 10.6 Å². The molecule has 2 N–H and O–H groups in total. The average Bonchev–Trinajstić information content (AvgIpc) is 3.39. The molecule has 1 aliphatic rings. The standard InChI is InChI=1S/C21H22N4O2/c1-13-10-17(13)25-20(26)15-11-18(24-19(12-15)21(27)23-2)16(8-9-22)14-6-4-3-5-7-14/h3-7,11-13,16-17H,8,10H2,1-2H3,(H,23,27)(H,25,26)/t13-,16?,17-/m0/s1. The molecule has 1 fully saturated rings. The second-order valence-electron chi connectivity index (χ2n) is 6.86. The molecule has 1 aliphatic carbocycles. The van der Waals surface area contributed by atoms with E-state index >= 15 is 0 Å². The fraction of sp³-hybridized carbons (Fsp3) is 0.333. The molecule has 0 radical (unpaired) electrons. The number of amides is 2. The Bertz CT molecular complexity index is 889. The van der Waals surface area contributed by atoms with Gasteiger partial charge in [-0.1, -0.05) is 37.3 Å². The molecule has 1 aromatic carbocycles. The average molecular weight is 362 g/mol. The Morgan fingerprint density at radius 2 is 1.96 bits per heavy atom. The van der Waals surface area contributed by atoms with Crippen molar-refractivity contribution in [1.29, 1.82) is 5.26 Å². The largest absolute Gasteiger partial charge is 0.354 e. The van der Waals surface area contributed by atoms with E-state index in [1.165, 1.54) is 13.1 Å². The van der Waals surface area contributed by atoms with Crippen molar-refractivity contribution in [1.82, 2.24) is 15.6 Å². The molecular formula is C21H22N4O2. The molecule has 0 saturated heterocycles. The van der Waals surface area contributed by atoms with E-state index in [9.17, 15) is 14.9 Å². The number of carbonyl (C=O) groups excluding carboxylic acids is 2. The maximum absolute atomic E-state index is 12.6. The summed E-state index contributed by atoms with van der Waals surface area (Å²) in [6.07, 6.45) is 1.17. The lowest BCUT2D eigenvalue weighted by Gasteiger charge is -2.16. The highest BCUT2D eigenvalue weighted by molar-refractivity contribution is 5.98. The summed E-state index contributed by atoms with van der Waals surface area (Å²) in [4.78, 5) is 29.3. The first-order chi connectivity index (χ1) is 13.0. The molecule has 0 aliphatic heterocycles. The van der Waals surface area contributed by atoms with Crippen LogP contribution in [0, 0.1) is 17.2 Å². The van der Waals surface area contributed by atoms with Gasteiger partial charge in [-0.2, -0.15) is 5.26 Å². The SMILES string of the molecule is CNC(=O)c1cc(C(=O)N[C@H]2C[C@@H]2C)cc(C(CC#N)c2ccccc2)n1. The Labute approximate surface area is 158 Å². The molecule has 1 saturated carbocycles. The topological polar surface area (TPSA) is 94.9 Å². The van der Waals surface area contributed by atoms with Crippen LogP contribution in [-0.2, 0) is 0 Å². The number of nitrogens with one attached hydrogen (secondary N) is 2. The van der Waals surface area contributed by atoms with Crippen molar-refractivity contribution in [3.63, 3.8) is 0 Å². The third-order valence-electron chi connectivity index (χ3n) is 4.85. The van der Waals surface area contributed by atoms with Gasteiger partial charge in [0.25, 0.3) is 11.8 Å². The Hall–Kier alpha value is -3.20. The van der Waals surface area contributed by atoms with Crippen LogP contribution in [0.2, 0.25) is 0 Å². The molecule has 27 heavy (non-hydrogen) atoms. The third-order valence-corrected chi connectivity index (χ3v) is 4.85. The van der Waals surface area contributed by atoms with E-state index < -0.39 is 0 Å². The lowest BCUT2D eigenvalue weighted by molar-refractivity contribution is 0.0949. The molecule has 3 atom stereocenters. The van der Waals surface area contributed by atoms with Crippen molar-refractivity contribution in [2.75, 3.05) is 7.05 Å². The van der Waals surface area contributed by atoms with E-state index in [2.05, 4.69) is 28.6 Å². The summed E-state index contributed by atoms with van der Waals surface area (Å²) in [5.41, 5.74) is 2.01. The van der Waals surface area contributed by atoms with Crippen LogP contribution in [0.1, 0.15) is 57.8 Å². The molecule has 3 rings (SSSR count). The number of nitrogens with zero attached hydrogens (tertiary/aromatic N) is 2. The number of rotatable bonds is 6. The van der Waals surface area contributed by atoms with Crippen molar-refractivity contribution in [3.8, 4) is 6.07 Å². The van der Waals surface area contributed by atoms with Gasteiger partial charge in [0.2, 0.25) is 0 Å². The van der Waals surface area contributed by atoms with Gasteiger partial charge in [-0.3, -0.25) is 9.59 Å². The molecule has 1 unspecified atom stereocenters. The first-order valence-electron chi connectivity index (χ1n) is 9.00. The van der Waals surface area contributed by atoms with Gasteiger partial charge in [0, 0.05) is 31.0 Å². The molecule has 2 aromatic rings. The number of carbonyl (C=O) groups is 2. The molecule has 0 spiro atoms. The van der Waals surface area contributed by atoms with E-state index in [1.54, 1.807) is 6.07 Å². The number of hydrogen-bond donors (Lipinski definition) is 2. The van der Waals surface area contributed by atoms with Gasteiger partial charge in [0.05, 0.1) is 11.8 Å². The van der Waals surface area contributed by atoms with Crippen LogP contribution in [0.3, 0.4) is 0 Å². The zero-order chi connectivity index (χ0) is 19.4. The highest BCUT2D eigenvalue weighted by Crippen LogP contribution is 2.30.